The molecule has 13 heteroatoms. The van der Waals surface area contributed by atoms with Gasteiger partial charge in [-0.2, -0.15) is 8.42 Å². The average molecular weight is 608 g/mol. The lowest BCUT2D eigenvalue weighted by Crippen LogP contribution is -2.41. The monoisotopic (exact) mass is 607 g/mol. The fraction of sp³-hybridized carbons (Fsp3) is 0.621. The lowest BCUT2D eigenvalue weighted by molar-refractivity contribution is -0.181. The van der Waals surface area contributed by atoms with E-state index in [1.807, 2.05) is 0 Å². The second-order valence-corrected chi connectivity index (χ2v) is 13.6. The summed E-state index contributed by atoms with van der Waals surface area (Å²) in [6.07, 6.45) is 8.30. The first kappa shape index (κ1) is 30.1. The number of esters is 1. The van der Waals surface area contributed by atoms with Gasteiger partial charge in [-0.25, -0.2) is 18.2 Å². The number of amides is 2. The molecule has 1 aromatic carbocycles. The van der Waals surface area contributed by atoms with Gasteiger partial charge in [0.2, 0.25) is 0 Å². The van der Waals surface area contributed by atoms with Crippen molar-refractivity contribution in [1.29, 1.82) is 0 Å². The van der Waals surface area contributed by atoms with Crippen molar-refractivity contribution < 1.29 is 41.8 Å². The molecule has 42 heavy (non-hydrogen) atoms. The summed E-state index contributed by atoms with van der Waals surface area (Å²) in [6.45, 7) is 2.87. The zero-order chi connectivity index (χ0) is 30.2. The van der Waals surface area contributed by atoms with Crippen molar-refractivity contribution in [2.24, 2.45) is 17.8 Å². The minimum absolute atomic E-state index is 0.00522. The summed E-state index contributed by atoms with van der Waals surface area (Å²) in [5.41, 5.74) is -0.240. The maximum absolute atomic E-state index is 15.9. The Morgan fingerprint density at radius 1 is 1.07 bits per heavy atom. The number of nitrogens with one attached hydrogen (secondary N) is 1. The summed E-state index contributed by atoms with van der Waals surface area (Å²) in [5.74, 6) is -2.83. The van der Waals surface area contributed by atoms with Crippen LogP contribution >= 0.6 is 0 Å². The van der Waals surface area contributed by atoms with E-state index in [-0.39, 0.29) is 29.9 Å². The molecule has 2 aliphatic carbocycles. The number of ether oxygens (including phenoxy) is 2. The molecule has 11 nitrogen and oxygen atoms in total. The molecule has 4 aliphatic rings. The third kappa shape index (κ3) is 6.20. The molecule has 1 aromatic rings. The number of halogens is 1. The Balaban J connectivity index is 1.38. The molecule has 2 heterocycles. The molecule has 1 unspecified atom stereocenters. The van der Waals surface area contributed by atoms with E-state index < -0.39 is 58.3 Å². The Morgan fingerprint density at radius 2 is 1.79 bits per heavy atom. The molecule has 2 N–H and O–H groups in total. The Bertz CT molecular complexity index is 1370. The highest BCUT2D eigenvalue weighted by Crippen LogP contribution is 2.40. The number of aromatic hydroxyl groups is 1. The van der Waals surface area contributed by atoms with Crippen LogP contribution in [0.15, 0.2) is 18.2 Å². The van der Waals surface area contributed by atoms with E-state index in [4.69, 9.17) is 9.47 Å². The predicted molar refractivity (Wildman–Crippen MR) is 151 cm³/mol. The molecule has 0 aromatic heterocycles. The number of hydrogen-bond acceptors (Lipinski definition) is 8. The van der Waals surface area contributed by atoms with Crippen LogP contribution in [0.5, 0.6) is 5.75 Å². The minimum atomic E-state index is -4.37. The minimum Gasteiger partial charge on any atom is -0.506 e. The Morgan fingerprint density at radius 3 is 2.38 bits per heavy atom. The van der Waals surface area contributed by atoms with Crippen LogP contribution in [0.25, 0.3) is 5.57 Å². The number of nitrogens with zero attached hydrogens (tertiary/aromatic N) is 2. The lowest BCUT2D eigenvalue weighted by atomic mass is 9.81. The molecule has 0 radical (unpaired) electrons. The van der Waals surface area contributed by atoms with Gasteiger partial charge in [0, 0.05) is 11.5 Å². The number of rotatable bonds is 9. The number of benzene rings is 1. The normalized spacial score (nSPS) is 23.1. The van der Waals surface area contributed by atoms with Crippen molar-refractivity contribution in [2.45, 2.75) is 84.0 Å². The molecule has 1 saturated heterocycles. The highest BCUT2D eigenvalue weighted by atomic mass is 32.2. The first-order valence-corrected chi connectivity index (χ1v) is 16.1. The van der Waals surface area contributed by atoms with Crippen LogP contribution in [0.2, 0.25) is 0 Å². The molecule has 230 valence electrons. The van der Waals surface area contributed by atoms with Crippen LogP contribution in [0.4, 0.5) is 14.9 Å². The van der Waals surface area contributed by atoms with Crippen molar-refractivity contribution in [3.05, 3.63) is 29.6 Å². The van der Waals surface area contributed by atoms with Gasteiger partial charge in [-0.15, -0.1) is 0 Å². The molecule has 3 fully saturated rings. The number of carbonyl (C=O) groups is 3. The molecule has 2 amide bonds. The van der Waals surface area contributed by atoms with Crippen LogP contribution < -0.4 is 9.03 Å². The van der Waals surface area contributed by atoms with Gasteiger partial charge in [0.25, 0.3) is 12.2 Å². The van der Waals surface area contributed by atoms with Crippen LogP contribution in [0.1, 0.15) is 77.2 Å². The van der Waals surface area contributed by atoms with Gasteiger partial charge in [0.15, 0.2) is 5.82 Å². The Labute approximate surface area is 245 Å². The van der Waals surface area contributed by atoms with Crippen LogP contribution in [0, 0.1) is 23.6 Å². The zero-order valence-electron chi connectivity index (χ0n) is 23.9. The smallest absolute Gasteiger partial charge is 0.413 e. The number of carbonyl (C=O) groups excluding carboxylic acids is 3. The second-order valence-electron chi connectivity index (χ2n) is 12.0. The van der Waals surface area contributed by atoms with Crippen molar-refractivity contribution in [3.63, 3.8) is 0 Å². The highest BCUT2D eigenvalue weighted by molar-refractivity contribution is 7.92. The van der Waals surface area contributed by atoms with Gasteiger partial charge < -0.3 is 14.6 Å². The molecular weight excluding hydrogens is 569 g/mol. The van der Waals surface area contributed by atoms with Crippen molar-refractivity contribution >= 4 is 39.4 Å². The summed E-state index contributed by atoms with van der Waals surface area (Å²) in [4.78, 5) is 39.4. The maximum atomic E-state index is 15.9. The van der Waals surface area contributed by atoms with Crippen molar-refractivity contribution in [2.75, 3.05) is 17.4 Å². The van der Waals surface area contributed by atoms with E-state index in [2.05, 4.69) is 0 Å². The van der Waals surface area contributed by atoms with Gasteiger partial charge >= 0.3 is 22.3 Å². The van der Waals surface area contributed by atoms with E-state index in [9.17, 15) is 27.9 Å². The van der Waals surface area contributed by atoms with Crippen LogP contribution in [0.3, 0.4) is 0 Å². The van der Waals surface area contributed by atoms with Crippen LogP contribution in [-0.4, -0.2) is 61.8 Å². The van der Waals surface area contributed by atoms with Gasteiger partial charge in [0.1, 0.15) is 18.0 Å². The summed E-state index contributed by atoms with van der Waals surface area (Å²) >= 11 is 0. The zero-order valence-corrected chi connectivity index (χ0v) is 24.7. The highest BCUT2D eigenvalue weighted by Gasteiger charge is 2.40. The molecule has 2 saturated carbocycles. The molecule has 0 bridgehead atoms. The number of hydrogen-bond donors (Lipinski definition) is 2. The van der Waals surface area contributed by atoms with Crippen molar-refractivity contribution in [3.8, 4) is 5.75 Å². The third-order valence-corrected chi connectivity index (χ3v) is 10.0. The fourth-order valence-corrected chi connectivity index (χ4v) is 7.16. The predicted octanol–water partition coefficient (Wildman–Crippen LogP) is 4.21. The Hall–Kier alpha value is -3.35. The Kier molecular flexibility index (Phi) is 8.68. The van der Waals surface area contributed by atoms with E-state index >= 15 is 4.39 Å². The molecular formula is C29H38FN3O8S. The van der Waals surface area contributed by atoms with E-state index in [1.54, 1.807) is 24.6 Å². The van der Waals surface area contributed by atoms with Gasteiger partial charge in [-0.3, -0.25) is 14.5 Å². The third-order valence-electron chi connectivity index (χ3n) is 8.66. The molecule has 5 rings (SSSR count). The molecule has 2 atom stereocenters. The first-order chi connectivity index (χ1) is 19.9. The summed E-state index contributed by atoms with van der Waals surface area (Å²) < 4.78 is 54.3. The quantitative estimate of drug-likeness (QED) is 0.314. The van der Waals surface area contributed by atoms with Gasteiger partial charge in [0.05, 0.1) is 18.5 Å². The van der Waals surface area contributed by atoms with Crippen LogP contribution in [-0.2, 0) is 29.3 Å². The van der Waals surface area contributed by atoms with E-state index in [0.717, 1.165) is 51.0 Å². The maximum Gasteiger partial charge on any atom is 0.413 e. The summed E-state index contributed by atoms with van der Waals surface area (Å²) in [7, 11) is -4.37. The van der Waals surface area contributed by atoms with Gasteiger partial charge in [-0.1, -0.05) is 52.0 Å². The first-order valence-electron chi connectivity index (χ1n) is 14.7. The fourth-order valence-electron chi connectivity index (χ4n) is 6.00. The van der Waals surface area contributed by atoms with Crippen molar-refractivity contribution in [1.82, 2.24) is 9.62 Å². The van der Waals surface area contributed by atoms with Gasteiger partial charge in [-0.05, 0) is 49.3 Å². The lowest BCUT2D eigenvalue weighted by Gasteiger charge is -2.31. The number of phenolic OH excluding ortho intramolecular Hbond substituents is 1. The average Bonchev–Trinajstić information content (AvgIpc) is 3.62. The largest absolute Gasteiger partial charge is 0.506 e. The summed E-state index contributed by atoms with van der Waals surface area (Å²) in [6, 6.07) is 2.05. The second kappa shape index (κ2) is 12.1. The van der Waals surface area contributed by atoms with E-state index in [0.29, 0.717) is 22.2 Å². The molecule has 0 spiro atoms. The number of phenols is 1. The number of anilines is 1. The molecule has 2 aliphatic heterocycles. The summed E-state index contributed by atoms with van der Waals surface area (Å²) in [5, 5.41) is 10.4. The van der Waals surface area contributed by atoms with E-state index in [1.165, 1.54) is 17.4 Å². The topological polar surface area (TPSA) is 143 Å². The standard InChI is InChI=1S/C29H38FN3O8S/c1-17(2)28(40-27(36)19-8-3-4-9-19)41-29(37)32-15-20(14-21(32)11-10-18-6-5-7-18)22-12-13-23(34)26(25(22)30)33-16-24(35)31-42(33,38)39/h12-14,17-19,21,28,34H,3-11,15-16H2,1-2H3,(H,31,35)/t21-,28?/m0/s1. The SMILES string of the molecule is CC(C)C(OC(=O)C1CCCC1)OC(=O)N1CC(c2ccc(O)c(N3CC(=O)NS3(=O)=O)c2F)=C[C@@H]1CCC1CCC1.